The van der Waals surface area contributed by atoms with Crippen molar-refractivity contribution in [2.75, 3.05) is 37.8 Å². The van der Waals surface area contributed by atoms with E-state index < -0.39 is 0 Å². The molecule has 0 atom stereocenters. The number of fused-ring (bicyclic) bond motifs is 1. The Kier molecular flexibility index (Phi) is 6.52. The molecule has 6 heteroatoms. The molecule has 0 unspecified atom stereocenters. The summed E-state index contributed by atoms with van der Waals surface area (Å²) in [5.74, 6) is 0.969. The van der Waals surface area contributed by atoms with Crippen molar-refractivity contribution in [1.82, 2.24) is 4.98 Å². The molecule has 0 aliphatic rings. The van der Waals surface area contributed by atoms with Crippen LogP contribution in [0, 0.1) is 6.92 Å². The SMILES string of the molecule is CCSc1ccccc1C(=O)N(CC[NH+](C)C)c1nc2c(C)cccc2s1. The van der Waals surface area contributed by atoms with E-state index in [0.717, 1.165) is 43.7 Å². The summed E-state index contributed by atoms with van der Waals surface area (Å²) in [4.78, 5) is 22.5. The van der Waals surface area contributed by atoms with Crippen molar-refractivity contribution in [3.63, 3.8) is 0 Å². The van der Waals surface area contributed by atoms with E-state index in [2.05, 4.69) is 40.1 Å². The third kappa shape index (κ3) is 4.51. The number of para-hydroxylation sites is 1. The van der Waals surface area contributed by atoms with Crippen LogP contribution in [-0.2, 0) is 0 Å². The number of hydrogen-bond donors (Lipinski definition) is 1. The molecule has 1 aromatic heterocycles. The molecular weight excluding hydrogens is 374 g/mol. The average molecular weight is 401 g/mol. The zero-order valence-electron chi connectivity index (χ0n) is 16.3. The van der Waals surface area contributed by atoms with Crippen LogP contribution in [0.5, 0.6) is 0 Å². The summed E-state index contributed by atoms with van der Waals surface area (Å²) in [6.07, 6.45) is 0. The molecule has 3 rings (SSSR count). The van der Waals surface area contributed by atoms with Gasteiger partial charge in [-0.2, -0.15) is 0 Å². The monoisotopic (exact) mass is 400 g/mol. The van der Waals surface area contributed by atoms with Gasteiger partial charge in [0.15, 0.2) is 5.13 Å². The van der Waals surface area contributed by atoms with E-state index in [0.29, 0.717) is 6.54 Å². The standard InChI is InChI=1S/C21H25N3OS2/c1-5-26-17-11-7-6-10-16(17)20(25)24(14-13-23(3)4)21-22-19-15(2)9-8-12-18(19)27-21/h6-12H,5,13-14H2,1-4H3/p+1. The van der Waals surface area contributed by atoms with E-state index in [1.54, 1.807) is 23.1 Å². The number of carbonyl (C=O) groups is 1. The third-order valence-electron chi connectivity index (χ3n) is 4.34. The van der Waals surface area contributed by atoms with Gasteiger partial charge < -0.3 is 4.90 Å². The fourth-order valence-electron chi connectivity index (χ4n) is 2.88. The summed E-state index contributed by atoms with van der Waals surface area (Å²) in [7, 11) is 4.21. The predicted octanol–water partition coefficient (Wildman–Crippen LogP) is 3.51. The second-order valence-corrected chi connectivity index (χ2v) is 9.08. The fraction of sp³-hybridized carbons (Fsp3) is 0.333. The van der Waals surface area contributed by atoms with E-state index in [1.807, 2.05) is 35.2 Å². The number of thioether (sulfide) groups is 1. The molecule has 0 aliphatic heterocycles. The minimum atomic E-state index is 0.0320. The van der Waals surface area contributed by atoms with Gasteiger partial charge in [-0.25, -0.2) is 4.98 Å². The Labute approximate surface area is 169 Å². The number of nitrogens with zero attached hydrogens (tertiary/aromatic N) is 2. The Morgan fingerprint density at radius 2 is 1.96 bits per heavy atom. The average Bonchev–Trinajstić information content (AvgIpc) is 3.07. The largest absolute Gasteiger partial charge is 0.338 e. The van der Waals surface area contributed by atoms with Gasteiger partial charge in [0.1, 0.15) is 0 Å². The molecule has 0 radical (unpaired) electrons. The molecule has 1 N–H and O–H groups in total. The molecule has 1 amide bonds. The van der Waals surface area contributed by atoms with Gasteiger partial charge in [-0.15, -0.1) is 11.8 Å². The second kappa shape index (κ2) is 8.87. The van der Waals surface area contributed by atoms with Crippen LogP contribution < -0.4 is 9.80 Å². The van der Waals surface area contributed by atoms with E-state index in [1.165, 1.54) is 4.90 Å². The van der Waals surface area contributed by atoms with Gasteiger partial charge in [-0.3, -0.25) is 9.69 Å². The van der Waals surface area contributed by atoms with Crippen LogP contribution in [-0.4, -0.2) is 43.8 Å². The number of nitrogens with one attached hydrogen (secondary N) is 1. The maximum absolute atomic E-state index is 13.5. The Balaban J connectivity index is 2.02. The number of anilines is 1. The van der Waals surface area contributed by atoms with Gasteiger partial charge >= 0.3 is 0 Å². The van der Waals surface area contributed by atoms with Gasteiger partial charge in [0, 0.05) is 4.90 Å². The highest BCUT2D eigenvalue weighted by Gasteiger charge is 2.24. The van der Waals surface area contributed by atoms with Crippen molar-refractivity contribution in [2.24, 2.45) is 0 Å². The van der Waals surface area contributed by atoms with Gasteiger partial charge in [-0.05, 0) is 36.4 Å². The number of aromatic nitrogens is 1. The highest BCUT2D eigenvalue weighted by molar-refractivity contribution is 7.99. The summed E-state index contributed by atoms with van der Waals surface area (Å²) >= 11 is 3.30. The number of amides is 1. The second-order valence-electron chi connectivity index (χ2n) is 6.76. The summed E-state index contributed by atoms with van der Waals surface area (Å²) < 4.78 is 1.12. The maximum Gasteiger partial charge on any atom is 0.261 e. The highest BCUT2D eigenvalue weighted by atomic mass is 32.2. The minimum Gasteiger partial charge on any atom is -0.338 e. The Morgan fingerprint density at radius 3 is 2.67 bits per heavy atom. The molecule has 142 valence electrons. The number of rotatable bonds is 7. The summed E-state index contributed by atoms with van der Waals surface area (Å²) in [5.41, 5.74) is 2.89. The van der Waals surface area contributed by atoms with Crippen LogP contribution in [0.2, 0.25) is 0 Å². The number of likely N-dealkylation sites (N-methyl/N-ethyl adjacent to an activating group) is 1. The maximum atomic E-state index is 13.5. The van der Waals surface area contributed by atoms with Crippen molar-refractivity contribution < 1.29 is 9.69 Å². The lowest BCUT2D eigenvalue weighted by Crippen LogP contribution is -3.06. The van der Waals surface area contributed by atoms with Crippen molar-refractivity contribution in [2.45, 2.75) is 18.7 Å². The molecule has 4 nitrogen and oxygen atoms in total. The Morgan fingerprint density at radius 1 is 1.19 bits per heavy atom. The molecule has 0 spiro atoms. The molecule has 0 saturated heterocycles. The molecule has 3 aromatic rings. The first-order valence-electron chi connectivity index (χ1n) is 9.20. The quantitative estimate of drug-likeness (QED) is 0.617. The normalized spacial score (nSPS) is 11.3. The lowest BCUT2D eigenvalue weighted by atomic mass is 10.2. The molecule has 0 fully saturated rings. The Bertz CT molecular complexity index is 936. The summed E-state index contributed by atoms with van der Waals surface area (Å²) in [6.45, 7) is 5.68. The molecule has 0 bridgehead atoms. The molecular formula is C21H26N3OS2+. The Hall–Kier alpha value is -1.89. The smallest absolute Gasteiger partial charge is 0.261 e. The van der Waals surface area contributed by atoms with Gasteiger partial charge in [0.2, 0.25) is 0 Å². The first kappa shape index (κ1) is 19.9. The molecule has 2 aromatic carbocycles. The predicted molar refractivity (Wildman–Crippen MR) is 117 cm³/mol. The molecule has 0 aliphatic carbocycles. The van der Waals surface area contributed by atoms with E-state index in [-0.39, 0.29) is 5.91 Å². The fourth-order valence-corrected chi connectivity index (χ4v) is 4.74. The van der Waals surface area contributed by atoms with Crippen LogP contribution in [0.25, 0.3) is 10.2 Å². The van der Waals surface area contributed by atoms with Crippen LogP contribution in [0.15, 0.2) is 47.4 Å². The lowest BCUT2D eigenvalue weighted by molar-refractivity contribution is -0.856. The van der Waals surface area contributed by atoms with Crippen LogP contribution in [0.3, 0.4) is 0 Å². The van der Waals surface area contributed by atoms with E-state index >= 15 is 0 Å². The molecule has 27 heavy (non-hydrogen) atoms. The first-order chi connectivity index (χ1) is 13.0. The van der Waals surface area contributed by atoms with Crippen LogP contribution >= 0.6 is 23.1 Å². The van der Waals surface area contributed by atoms with Crippen molar-refractivity contribution in [3.8, 4) is 0 Å². The number of hydrogen-bond acceptors (Lipinski definition) is 4. The zero-order valence-corrected chi connectivity index (χ0v) is 17.9. The molecule has 1 heterocycles. The summed E-state index contributed by atoms with van der Waals surface area (Å²) in [5, 5.41) is 0.779. The minimum absolute atomic E-state index is 0.0320. The van der Waals surface area contributed by atoms with Gasteiger partial charge in [0.05, 0.1) is 43.0 Å². The van der Waals surface area contributed by atoms with Gasteiger partial charge in [0.25, 0.3) is 5.91 Å². The van der Waals surface area contributed by atoms with Crippen molar-refractivity contribution in [3.05, 3.63) is 53.6 Å². The summed E-state index contributed by atoms with van der Waals surface area (Å²) in [6, 6.07) is 14.1. The van der Waals surface area contributed by atoms with Crippen LogP contribution in [0.4, 0.5) is 5.13 Å². The van der Waals surface area contributed by atoms with E-state index in [9.17, 15) is 4.79 Å². The number of aryl methyl sites for hydroxylation is 1. The van der Waals surface area contributed by atoms with Crippen LogP contribution in [0.1, 0.15) is 22.8 Å². The number of quaternary nitrogens is 1. The topological polar surface area (TPSA) is 37.6 Å². The number of thiazole rings is 1. The molecule has 0 saturated carbocycles. The van der Waals surface area contributed by atoms with Crippen molar-refractivity contribution >= 4 is 44.4 Å². The van der Waals surface area contributed by atoms with Gasteiger partial charge in [-0.1, -0.05) is 42.5 Å². The first-order valence-corrected chi connectivity index (χ1v) is 11.0. The number of benzene rings is 2. The van der Waals surface area contributed by atoms with E-state index in [4.69, 9.17) is 4.98 Å². The highest BCUT2D eigenvalue weighted by Crippen LogP contribution is 2.32. The van der Waals surface area contributed by atoms with Crippen molar-refractivity contribution in [1.29, 1.82) is 0 Å². The zero-order chi connectivity index (χ0) is 19.4. The lowest BCUT2D eigenvalue weighted by Gasteiger charge is -2.21. The third-order valence-corrected chi connectivity index (χ3v) is 6.34. The number of carbonyl (C=O) groups excluding carboxylic acids is 1.